The molecule has 0 N–H and O–H groups in total. The van der Waals surface area contributed by atoms with Gasteiger partial charge >= 0.3 is 6.18 Å². The van der Waals surface area contributed by atoms with Crippen molar-refractivity contribution < 1.29 is 17.9 Å². The number of alkyl halides is 3. The quantitative estimate of drug-likeness (QED) is 0.811. The van der Waals surface area contributed by atoms with E-state index < -0.39 is 17.3 Å². The summed E-state index contributed by atoms with van der Waals surface area (Å²) in [6.07, 6.45) is -4.55. The van der Waals surface area contributed by atoms with Crippen LogP contribution in [0.4, 0.5) is 18.9 Å². The van der Waals surface area contributed by atoms with Crippen LogP contribution in [-0.2, 0) is 18.0 Å². The van der Waals surface area contributed by atoms with Gasteiger partial charge in [-0.05, 0) is 18.2 Å². The summed E-state index contributed by atoms with van der Waals surface area (Å²) in [5, 5.41) is 0.291. The number of aromatic nitrogens is 1. The summed E-state index contributed by atoms with van der Waals surface area (Å²) in [4.78, 5) is 14.1. The van der Waals surface area contributed by atoms with Gasteiger partial charge in [-0.2, -0.15) is 13.2 Å². The molecule has 7 heteroatoms. The molecule has 2 heterocycles. The number of fused-ring (bicyclic) bond motifs is 1. The Hall–Kier alpha value is -2.02. The van der Waals surface area contributed by atoms with Crippen molar-refractivity contribution >= 4 is 16.6 Å². The minimum absolute atomic E-state index is 0.275. The van der Waals surface area contributed by atoms with Crippen molar-refractivity contribution in [2.24, 2.45) is 7.05 Å². The first-order valence-corrected chi connectivity index (χ1v) is 6.91. The number of benzene rings is 1. The molecule has 4 nitrogen and oxygen atoms in total. The van der Waals surface area contributed by atoms with Gasteiger partial charge in [0.15, 0.2) is 5.43 Å². The van der Waals surface area contributed by atoms with Crippen LogP contribution >= 0.6 is 0 Å². The molecule has 1 aromatic heterocycles. The number of ether oxygens (including phenoxy) is 1. The Morgan fingerprint density at radius 2 is 1.82 bits per heavy atom. The van der Waals surface area contributed by atoms with Gasteiger partial charge in [0.1, 0.15) is 5.69 Å². The Kier molecular flexibility index (Phi) is 3.60. The third-order valence-electron chi connectivity index (χ3n) is 3.90. The molecule has 1 aliphatic heterocycles. The third kappa shape index (κ3) is 2.56. The number of nitrogens with zero attached hydrogens (tertiary/aromatic N) is 2. The summed E-state index contributed by atoms with van der Waals surface area (Å²) in [7, 11) is 1.32. The third-order valence-corrected chi connectivity index (χ3v) is 3.90. The fraction of sp³-hybridized carbons (Fsp3) is 0.400. The van der Waals surface area contributed by atoms with Gasteiger partial charge in [-0.3, -0.25) is 4.79 Å². The molecule has 1 saturated heterocycles. The van der Waals surface area contributed by atoms with E-state index in [1.807, 2.05) is 0 Å². The van der Waals surface area contributed by atoms with Gasteiger partial charge in [0.05, 0.1) is 18.7 Å². The molecule has 0 bridgehead atoms. The number of halogens is 3. The van der Waals surface area contributed by atoms with Crippen LogP contribution in [0.5, 0.6) is 0 Å². The lowest BCUT2D eigenvalue weighted by molar-refractivity contribution is -0.143. The van der Waals surface area contributed by atoms with Gasteiger partial charge in [-0.25, -0.2) is 0 Å². The van der Waals surface area contributed by atoms with Crippen LogP contribution in [0.3, 0.4) is 0 Å². The molecule has 22 heavy (non-hydrogen) atoms. The Morgan fingerprint density at radius 1 is 1.14 bits per heavy atom. The molecule has 118 valence electrons. The molecule has 0 radical (unpaired) electrons. The van der Waals surface area contributed by atoms with Crippen molar-refractivity contribution in [2.75, 3.05) is 31.2 Å². The Labute approximate surface area is 124 Å². The van der Waals surface area contributed by atoms with Crippen molar-refractivity contribution in [1.29, 1.82) is 0 Å². The highest BCUT2D eigenvalue weighted by molar-refractivity contribution is 5.83. The minimum Gasteiger partial charge on any atom is -0.378 e. The first kappa shape index (κ1) is 14.9. The molecule has 1 aliphatic rings. The van der Waals surface area contributed by atoms with Crippen molar-refractivity contribution in [3.63, 3.8) is 0 Å². The van der Waals surface area contributed by atoms with Gasteiger partial charge in [-0.15, -0.1) is 0 Å². The van der Waals surface area contributed by atoms with Crippen molar-refractivity contribution in [3.05, 3.63) is 40.2 Å². The van der Waals surface area contributed by atoms with E-state index in [4.69, 9.17) is 4.74 Å². The summed E-state index contributed by atoms with van der Waals surface area (Å²) >= 11 is 0. The van der Waals surface area contributed by atoms with Crippen LogP contribution in [0, 0.1) is 0 Å². The maximum Gasteiger partial charge on any atom is 0.431 e. The van der Waals surface area contributed by atoms with Crippen LogP contribution in [0.2, 0.25) is 0 Å². The van der Waals surface area contributed by atoms with Gasteiger partial charge in [0.25, 0.3) is 0 Å². The zero-order valence-electron chi connectivity index (χ0n) is 12.0. The zero-order valence-corrected chi connectivity index (χ0v) is 12.0. The Bertz CT molecular complexity index is 762. The van der Waals surface area contributed by atoms with Crippen LogP contribution in [0.15, 0.2) is 29.1 Å². The second kappa shape index (κ2) is 5.31. The van der Waals surface area contributed by atoms with Crippen molar-refractivity contribution in [1.82, 2.24) is 4.57 Å². The molecule has 1 fully saturated rings. The monoisotopic (exact) mass is 312 g/mol. The molecule has 0 unspecified atom stereocenters. The second-order valence-electron chi connectivity index (χ2n) is 5.25. The van der Waals surface area contributed by atoms with E-state index in [-0.39, 0.29) is 5.52 Å². The highest BCUT2D eigenvalue weighted by Crippen LogP contribution is 2.30. The van der Waals surface area contributed by atoms with E-state index in [1.54, 1.807) is 18.2 Å². The lowest BCUT2D eigenvalue weighted by Gasteiger charge is -2.29. The average Bonchev–Trinajstić information content (AvgIpc) is 2.50. The second-order valence-corrected chi connectivity index (χ2v) is 5.25. The fourth-order valence-corrected chi connectivity index (χ4v) is 2.73. The number of anilines is 1. The van der Waals surface area contributed by atoms with Crippen molar-refractivity contribution in [3.8, 4) is 0 Å². The first-order chi connectivity index (χ1) is 10.4. The molecular weight excluding hydrogens is 297 g/mol. The first-order valence-electron chi connectivity index (χ1n) is 6.91. The van der Waals surface area contributed by atoms with Crippen LogP contribution in [0.25, 0.3) is 10.9 Å². The Balaban J connectivity index is 2.14. The number of aryl methyl sites for hydroxylation is 1. The maximum atomic E-state index is 12.9. The highest BCUT2D eigenvalue weighted by Gasteiger charge is 2.34. The zero-order chi connectivity index (χ0) is 15.9. The molecule has 0 saturated carbocycles. The molecule has 2 aromatic rings. The molecule has 0 spiro atoms. The maximum absolute atomic E-state index is 12.9. The lowest BCUT2D eigenvalue weighted by atomic mass is 10.1. The molecular formula is C15H15F3N2O2. The number of hydrogen-bond acceptors (Lipinski definition) is 3. The molecule has 0 amide bonds. The number of morpholine rings is 1. The summed E-state index contributed by atoms with van der Waals surface area (Å²) in [6, 6.07) is 5.62. The number of rotatable bonds is 1. The van der Waals surface area contributed by atoms with Crippen LogP contribution < -0.4 is 10.3 Å². The highest BCUT2D eigenvalue weighted by atomic mass is 19.4. The molecule has 0 aliphatic carbocycles. The van der Waals surface area contributed by atoms with Gasteiger partial charge in [0.2, 0.25) is 0 Å². The normalized spacial score (nSPS) is 16.3. The molecule has 3 rings (SSSR count). The molecule has 1 aromatic carbocycles. The smallest absolute Gasteiger partial charge is 0.378 e. The predicted molar refractivity (Wildman–Crippen MR) is 77.2 cm³/mol. The van der Waals surface area contributed by atoms with Gasteiger partial charge in [-0.1, -0.05) is 0 Å². The van der Waals surface area contributed by atoms with Crippen molar-refractivity contribution in [2.45, 2.75) is 6.18 Å². The van der Waals surface area contributed by atoms with Crippen LogP contribution in [-0.4, -0.2) is 30.9 Å². The van der Waals surface area contributed by atoms with Crippen LogP contribution in [0.1, 0.15) is 5.69 Å². The predicted octanol–water partition coefficient (Wildman–Crippen LogP) is 2.39. The van der Waals surface area contributed by atoms with E-state index in [2.05, 4.69) is 4.90 Å². The average molecular weight is 312 g/mol. The number of hydrogen-bond donors (Lipinski definition) is 0. The van der Waals surface area contributed by atoms with E-state index in [0.717, 1.165) is 10.3 Å². The topological polar surface area (TPSA) is 34.5 Å². The minimum atomic E-state index is -4.55. The largest absolute Gasteiger partial charge is 0.431 e. The van der Waals surface area contributed by atoms with Gasteiger partial charge in [0, 0.05) is 37.3 Å². The SMILES string of the molecule is Cn1c(C(F)(F)F)cc(=O)c2cc(N3CCOCC3)ccc21. The Morgan fingerprint density at radius 3 is 2.45 bits per heavy atom. The number of pyridine rings is 1. The van der Waals surface area contributed by atoms with E-state index in [9.17, 15) is 18.0 Å². The summed E-state index contributed by atoms with van der Waals surface area (Å²) in [6.45, 7) is 2.60. The van der Waals surface area contributed by atoms with E-state index in [0.29, 0.717) is 37.8 Å². The van der Waals surface area contributed by atoms with E-state index in [1.165, 1.54) is 7.05 Å². The van der Waals surface area contributed by atoms with Gasteiger partial charge < -0.3 is 14.2 Å². The molecule has 0 atom stereocenters. The fourth-order valence-electron chi connectivity index (χ4n) is 2.73. The standard InChI is InChI=1S/C15H15F3N2O2/c1-19-12-3-2-10(20-4-6-22-7-5-20)8-11(12)13(21)9-14(19)15(16,17)18/h2-3,8-9H,4-7H2,1H3. The van der Waals surface area contributed by atoms with E-state index >= 15 is 0 Å². The lowest BCUT2D eigenvalue weighted by Crippen LogP contribution is -2.36. The summed E-state index contributed by atoms with van der Waals surface area (Å²) in [5.74, 6) is 0. The summed E-state index contributed by atoms with van der Waals surface area (Å²) < 4.78 is 45.1. The summed E-state index contributed by atoms with van der Waals surface area (Å²) in [5.41, 5.74) is -0.454.